The number of nitrogens with one attached hydrogen (secondary N) is 1. The molecule has 1 aliphatic carbocycles. The Morgan fingerprint density at radius 3 is 2.64 bits per heavy atom. The average Bonchev–Trinajstić information content (AvgIpc) is 2.15. The van der Waals surface area contributed by atoms with Gasteiger partial charge in [0.15, 0.2) is 0 Å². The van der Waals surface area contributed by atoms with Crippen LogP contribution in [0.4, 0.5) is 5.69 Å². The zero-order chi connectivity index (χ0) is 9.80. The fraction of sp³-hybridized carbons (Fsp3) is 0.583. The third kappa shape index (κ3) is 2.06. The molecule has 1 atom stereocenters. The van der Waals surface area contributed by atoms with Gasteiger partial charge in [0.1, 0.15) is 0 Å². The molecular weight excluding hydrogens is 172 g/mol. The van der Waals surface area contributed by atoms with Crippen molar-refractivity contribution in [2.75, 3.05) is 5.32 Å². The van der Waals surface area contributed by atoms with Gasteiger partial charge in [0.25, 0.3) is 0 Å². The lowest BCUT2D eigenvalue weighted by molar-refractivity contribution is 0.270. The zero-order valence-corrected chi connectivity index (χ0v) is 8.74. The van der Waals surface area contributed by atoms with Crippen LogP contribution in [-0.2, 0) is 0 Å². The van der Waals surface area contributed by atoms with Gasteiger partial charge < -0.3 is 5.32 Å². The summed E-state index contributed by atoms with van der Waals surface area (Å²) in [7, 11) is 0. The van der Waals surface area contributed by atoms with Crippen molar-refractivity contribution < 1.29 is 0 Å². The predicted octanol–water partition coefficient (Wildman–Crippen LogP) is 3.07. The van der Waals surface area contributed by atoms with Gasteiger partial charge in [0, 0.05) is 24.1 Å². The Kier molecular flexibility index (Phi) is 3.02. The lowest BCUT2D eigenvalue weighted by Gasteiger charge is -2.34. The maximum absolute atomic E-state index is 4.02. The van der Waals surface area contributed by atoms with Crippen molar-refractivity contribution in [2.24, 2.45) is 5.92 Å². The van der Waals surface area contributed by atoms with Gasteiger partial charge >= 0.3 is 0 Å². The largest absolute Gasteiger partial charge is 0.382 e. The summed E-state index contributed by atoms with van der Waals surface area (Å²) in [5.74, 6) is 0.896. The van der Waals surface area contributed by atoms with Crippen molar-refractivity contribution in [1.82, 2.24) is 4.98 Å². The Morgan fingerprint density at radius 1 is 1.43 bits per heavy atom. The fourth-order valence-corrected chi connectivity index (χ4v) is 2.06. The van der Waals surface area contributed by atoms with Crippen molar-refractivity contribution in [3.8, 4) is 0 Å². The Labute approximate surface area is 85.7 Å². The summed E-state index contributed by atoms with van der Waals surface area (Å²) in [5, 5.41) is 3.59. The number of rotatable bonds is 4. The van der Waals surface area contributed by atoms with Crippen LogP contribution in [0.15, 0.2) is 24.5 Å². The molecule has 0 radical (unpaired) electrons. The Morgan fingerprint density at radius 2 is 2.14 bits per heavy atom. The summed E-state index contributed by atoms with van der Waals surface area (Å²) in [6.07, 6.45) is 9.12. The Balaban J connectivity index is 1.94. The van der Waals surface area contributed by atoms with Crippen molar-refractivity contribution in [3.05, 3.63) is 24.5 Å². The van der Waals surface area contributed by atoms with Crippen molar-refractivity contribution >= 4 is 5.69 Å². The van der Waals surface area contributed by atoms with E-state index in [-0.39, 0.29) is 0 Å². The van der Waals surface area contributed by atoms with E-state index < -0.39 is 0 Å². The summed E-state index contributed by atoms with van der Waals surface area (Å²) in [6.45, 7) is 2.26. The topological polar surface area (TPSA) is 24.9 Å². The SMILES string of the molecule is CCC(Nc1ccncc1)C1CCC1. The molecule has 2 nitrogen and oxygen atoms in total. The highest BCUT2D eigenvalue weighted by molar-refractivity contribution is 5.42. The maximum Gasteiger partial charge on any atom is 0.0373 e. The number of nitrogens with zero attached hydrogens (tertiary/aromatic N) is 1. The molecule has 1 aromatic rings. The monoisotopic (exact) mass is 190 g/mol. The van der Waals surface area contributed by atoms with Gasteiger partial charge in [-0.25, -0.2) is 0 Å². The van der Waals surface area contributed by atoms with Gasteiger partial charge in [0.05, 0.1) is 0 Å². The van der Waals surface area contributed by atoms with Crippen LogP contribution in [0.25, 0.3) is 0 Å². The minimum absolute atomic E-state index is 0.658. The average molecular weight is 190 g/mol. The van der Waals surface area contributed by atoms with E-state index in [2.05, 4.69) is 17.2 Å². The van der Waals surface area contributed by atoms with Gasteiger partial charge in [-0.05, 0) is 37.3 Å². The molecule has 1 heterocycles. The first-order valence-corrected chi connectivity index (χ1v) is 5.56. The van der Waals surface area contributed by atoms with Gasteiger partial charge in [-0.3, -0.25) is 4.98 Å². The van der Waals surface area contributed by atoms with E-state index in [1.165, 1.54) is 31.4 Å². The van der Waals surface area contributed by atoms with Gasteiger partial charge in [-0.2, -0.15) is 0 Å². The van der Waals surface area contributed by atoms with E-state index in [4.69, 9.17) is 0 Å². The smallest absolute Gasteiger partial charge is 0.0373 e. The van der Waals surface area contributed by atoms with Gasteiger partial charge in [0.2, 0.25) is 0 Å². The first-order chi connectivity index (χ1) is 6.90. The number of aromatic nitrogens is 1. The van der Waals surface area contributed by atoms with E-state index in [0.29, 0.717) is 6.04 Å². The molecule has 1 N–H and O–H groups in total. The van der Waals surface area contributed by atoms with E-state index in [1.807, 2.05) is 24.5 Å². The van der Waals surface area contributed by atoms with Crippen LogP contribution >= 0.6 is 0 Å². The maximum atomic E-state index is 4.02. The fourth-order valence-electron chi connectivity index (χ4n) is 2.06. The number of pyridine rings is 1. The molecule has 2 rings (SSSR count). The highest BCUT2D eigenvalue weighted by Gasteiger charge is 2.25. The molecule has 0 spiro atoms. The van der Waals surface area contributed by atoms with Crippen molar-refractivity contribution in [1.29, 1.82) is 0 Å². The van der Waals surface area contributed by atoms with E-state index in [0.717, 1.165) is 5.92 Å². The van der Waals surface area contributed by atoms with E-state index in [1.54, 1.807) is 0 Å². The number of hydrogen-bond donors (Lipinski definition) is 1. The minimum Gasteiger partial charge on any atom is -0.382 e. The van der Waals surface area contributed by atoms with Crippen LogP contribution < -0.4 is 5.32 Å². The molecule has 0 amide bonds. The highest BCUT2D eigenvalue weighted by atomic mass is 14.9. The minimum atomic E-state index is 0.658. The van der Waals surface area contributed by atoms with Crippen LogP contribution in [0.2, 0.25) is 0 Å². The standard InChI is InChI=1S/C12H18N2/c1-2-12(10-4-3-5-10)14-11-6-8-13-9-7-11/h6-10,12H,2-5H2,1H3,(H,13,14). The molecule has 0 aromatic carbocycles. The molecule has 1 unspecified atom stereocenters. The first-order valence-electron chi connectivity index (χ1n) is 5.56. The third-order valence-electron chi connectivity index (χ3n) is 3.19. The van der Waals surface area contributed by atoms with Gasteiger partial charge in [-0.15, -0.1) is 0 Å². The summed E-state index contributed by atoms with van der Waals surface area (Å²) < 4.78 is 0. The quantitative estimate of drug-likeness (QED) is 0.789. The van der Waals surface area contributed by atoms with Crippen molar-refractivity contribution in [3.63, 3.8) is 0 Å². The molecule has 0 aliphatic heterocycles. The lowest BCUT2D eigenvalue weighted by Crippen LogP contribution is -2.32. The Hall–Kier alpha value is -1.05. The molecule has 14 heavy (non-hydrogen) atoms. The second-order valence-corrected chi connectivity index (χ2v) is 4.09. The first kappa shape index (κ1) is 9.50. The normalized spacial score (nSPS) is 18.6. The second kappa shape index (κ2) is 4.45. The number of hydrogen-bond acceptors (Lipinski definition) is 2. The molecule has 1 aliphatic rings. The van der Waals surface area contributed by atoms with Gasteiger partial charge in [-0.1, -0.05) is 13.3 Å². The molecule has 0 saturated heterocycles. The molecule has 1 saturated carbocycles. The van der Waals surface area contributed by atoms with E-state index in [9.17, 15) is 0 Å². The lowest BCUT2D eigenvalue weighted by atomic mass is 9.79. The van der Waals surface area contributed by atoms with Crippen LogP contribution in [0.3, 0.4) is 0 Å². The molecule has 2 heteroatoms. The Bertz CT molecular complexity index is 267. The molecular formula is C12H18N2. The number of anilines is 1. The summed E-state index contributed by atoms with van der Waals surface area (Å²) >= 11 is 0. The molecule has 1 aromatic heterocycles. The summed E-state index contributed by atoms with van der Waals surface area (Å²) in [6, 6.07) is 4.74. The molecule has 1 fully saturated rings. The summed E-state index contributed by atoms with van der Waals surface area (Å²) in [5.41, 5.74) is 1.21. The van der Waals surface area contributed by atoms with Crippen LogP contribution in [-0.4, -0.2) is 11.0 Å². The molecule has 0 bridgehead atoms. The highest BCUT2D eigenvalue weighted by Crippen LogP contribution is 2.32. The summed E-state index contributed by atoms with van der Waals surface area (Å²) in [4.78, 5) is 4.02. The zero-order valence-electron chi connectivity index (χ0n) is 8.74. The molecule has 76 valence electrons. The predicted molar refractivity (Wildman–Crippen MR) is 59.3 cm³/mol. The third-order valence-corrected chi connectivity index (χ3v) is 3.19. The van der Waals surface area contributed by atoms with Crippen molar-refractivity contribution in [2.45, 2.75) is 38.6 Å². The second-order valence-electron chi connectivity index (χ2n) is 4.09. The van der Waals surface area contributed by atoms with Crippen LogP contribution in [0.5, 0.6) is 0 Å². The van der Waals surface area contributed by atoms with Crippen LogP contribution in [0, 0.1) is 5.92 Å². The van der Waals surface area contributed by atoms with Crippen LogP contribution in [0.1, 0.15) is 32.6 Å². The van der Waals surface area contributed by atoms with E-state index >= 15 is 0 Å².